The number of hydrogen-bond donors (Lipinski definition) is 1. The number of hydrogen-bond acceptors (Lipinski definition) is 9. The molecule has 5 rings (SSSR count). The lowest BCUT2D eigenvalue weighted by Gasteiger charge is -2.29. The van der Waals surface area contributed by atoms with E-state index >= 15 is 0 Å². The summed E-state index contributed by atoms with van der Waals surface area (Å²) in [5, 5.41) is 10.5. The molecule has 2 aromatic rings. The van der Waals surface area contributed by atoms with Crippen molar-refractivity contribution in [3.8, 4) is 10.9 Å². The van der Waals surface area contributed by atoms with Crippen LogP contribution in [0, 0.1) is 17.3 Å². The number of ketones is 1. The Morgan fingerprint density at radius 2 is 1.98 bits per heavy atom. The van der Waals surface area contributed by atoms with Crippen LogP contribution in [0.1, 0.15) is 78.6 Å². The minimum absolute atomic E-state index is 0.0836. The van der Waals surface area contributed by atoms with Gasteiger partial charge in [0.25, 0.3) is 5.19 Å². The monoisotopic (exact) mass is 626 g/mol. The van der Waals surface area contributed by atoms with Crippen LogP contribution in [0.3, 0.4) is 0 Å². The van der Waals surface area contributed by atoms with Crippen molar-refractivity contribution in [2.24, 2.45) is 17.3 Å². The van der Waals surface area contributed by atoms with Gasteiger partial charge in [0, 0.05) is 18.8 Å². The molecule has 238 valence electrons. The zero-order chi connectivity index (χ0) is 31.6. The number of methoxy groups -OCH3 is 1. The first kappa shape index (κ1) is 31.9. The van der Waals surface area contributed by atoms with Crippen LogP contribution in [-0.4, -0.2) is 70.0 Å². The predicted octanol–water partition coefficient (Wildman–Crippen LogP) is 5.57. The van der Waals surface area contributed by atoms with Crippen LogP contribution >= 0.6 is 11.3 Å². The summed E-state index contributed by atoms with van der Waals surface area (Å²) in [5.74, 6) is -2.18. The number of allylic oxidation sites excluding steroid dienone is 2. The largest absolute Gasteiger partial charge is 0.497 e. The molecule has 5 atom stereocenters. The van der Waals surface area contributed by atoms with Gasteiger partial charge < -0.3 is 24.2 Å². The zero-order valence-electron chi connectivity index (χ0n) is 25.9. The highest BCUT2D eigenvalue weighted by molar-refractivity contribution is 7.20. The maximum absolute atomic E-state index is 14.2. The fourth-order valence-corrected chi connectivity index (χ4v) is 7.31. The van der Waals surface area contributed by atoms with E-state index in [0.29, 0.717) is 23.8 Å². The lowest BCUT2D eigenvalue weighted by molar-refractivity contribution is -0.159. The molecule has 1 aliphatic carbocycles. The van der Waals surface area contributed by atoms with Crippen molar-refractivity contribution in [2.45, 2.75) is 96.3 Å². The van der Waals surface area contributed by atoms with E-state index < -0.39 is 41.0 Å². The van der Waals surface area contributed by atoms with Gasteiger partial charge in [-0.3, -0.25) is 19.2 Å². The van der Waals surface area contributed by atoms with Gasteiger partial charge in [-0.1, -0.05) is 36.3 Å². The fraction of sp³-hybridized carbons (Fsp3) is 0.606. The number of aliphatic carboxylic acids is 1. The molecule has 3 heterocycles. The summed E-state index contributed by atoms with van der Waals surface area (Å²) in [6, 6.07) is 4.68. The number of carbonyl (C=O) groups excluding carboxylic acids is 3. The first-order chi connectivity index (χ1) is 20.9. The molecule has 0 radical (unpaired) electrons. The van der Waals surface area contributed by atoms with Crippen molar-refractivity contribution >= 4 is 45.2 Å². The normalized spacial score (nSPS) is 28.8. The Labute approximate surface area is 261 Å². The summed E-state index contributed by atoms with van der Waals surface area (Å²) in [6.45, 7) is 5.50. The Hall–Kier alpha value is -3.47. The molecule has 44 heavy (non-hydrogen) atoms. The van der Waals surface area contributed by atoms with Gasteiger partial charge in [-0.05, 0) is 70.6 Å². The maximum Gasteiger partial charge on any atom is 0.310 e. The van der Waals surface area contributed by atoms with Crippen molar-refractivity contribution in [1.82, 2.24) is 9.88 Å². The number of benzene rings is 1. The number of esters is 1. The summed E-state index contributed by atoms with van der Waals surface area (Å²) in [7, 11) is 1.59. The Morgan fingerprint density at radius 1 is 1.18 bits per heavy atom. The third-order valence-corrected chi connectivity index (χ3v) is 9.69. The smallest absolute Gasteiger partial charge is 0.310 e. The Kier molecular flexibility index (Phi) is 9.34. The summed E-state index contributed by atoms with van der Waals surface area (Å²) < 4.78 is 18.0. The Morgan fingerprint density at radius 3 is 2.70 bits per heavy atom. The number of rotatable bonds is 6. The molecule has 3 aliphatic rings. The molecular weight excluding hydrogens is 584 g/mol. The second-order valence-electron chi connectivity index (χ2n) is 13.3. The van der Waals surface area contributed by atoms with Gasteiger partial charge in [0.15, 0.2) is 5.78 Å². The number of carbonyl (C=O) groups is 4. The van der Waals surface area contributed by atoms with Crippen LogP contribution in [0.5, 0.6) is 10.9 Å². The molecule has 1 aromatic heterocycles. The number of ether oxygens (including phenoxy) is 3. The standard InChI is InChI=1S/C33H42N2O8S/c1-32(2,3)43-28(37)14-20-10-8-6-5-7-9-11-21-17-33(21,30(39)40)18-26(36)25-15-23(19-35(25)29(20)38)42-31-34-24-13-12-22(41-4)16-27(24)44-31/h9,11-13,16,20-21,23,25H,5-8,10,14-15,17-19H2,1-4H3,(H,39,40)/b11-9-/t20-,21-,23-,25+,33-/m1/s1. The van der Waals surface area contributed by atoms with Gasteiger partial charge in [0.2, 0.25) is 5.91 Å². The molecule has 1 amide bonds. The van der Waals surface area contributed by atoms with E-state index in [1.165, 1.54) is 16.2 Å². The number of carboxylic acid groups (broad SMARTS) is 1. The quantitative estimate of drug-likeness (QED) is 0.323. The Balaban J connectivity index is 1.41. The van der Waals surface area contributed by atoms with Gasteiger partial charge in [-0.2, -0.15) is 0 Å². The topological polar surface area (TPSA) is 132 Å². The number of Topliss-reactive ketones (excluding diaryl/α,β-unsaturated/α-hetero) is 1. The van der Waals surface area contributed by atoms with E-state index in [0.717, 1.165) is 35.9 Å². The van der Waals surface area contributed by atoms with Crippen molar-refractivity contribution in [2.75, 3.05) is 13.7 Å². The minimum Gasteiger partial charge on any atom is -0.497 e. The van der Waals surface area contributed by atoms with E-state index in [9.17, 15) is 24.3 Å². The van der Waals surface area contributed by atoms with Crippen LogP contribution in [0.2, 0.25) is 0 Å². The molecule has 1 aromatic carbocycles. The first-order valence-corrected chi connectivity index (χ1v) is 16.3. The number of aromatic nitrogens is 1. The Bertz CT molecular complexity index is 1440. The summed E-state index contributed by atoms with van der Waals surface area (Å²) in [4.78, 5) is 59.4. The van der Waals surface area contributed by atoms with E-state index in [1.807, 2.05) is 30.4 Å². The molecule has 2 fully saturated rings. The van der Waals surface area contributed by atoms with E-state index in [2.05, 4.69) is 4.98 Å². The highest BCUT2D eigenvalue weighted by atomic mass is 32.1. The van der Waals surface area contributed by atoms with Gasteiger partial charge in [-0.15, -0.1) is 0 Å². The average molecular weight is 627 g/mol. The van der Waals surface area contributed by atoms with Crippen molar-refractivity contribution in [1.29, 1.82) is 0 Å². The molecule has 0 spiro atoms. The number of fused-ring (bicyclic) bond motifs is 3. The summed E-state index contributed by atoms with van der Waals surface area (Å²) in [5.41, 5.74) is -1.09. The van der Waals surface area contributed by atoms with Gasteiger partial charge >= 0.3 is 11.9 Å². The zero-order valence-corrected chi connectivity index (χ0v) is 26.7. The fourth-order valence-electron chi connectivity index (χ4n) is 6.40. The van der Waals surface area contributed by atoms with E-state index in [4.69, 9.17) is 14.2 Å². The molecular formula is C33H42N2O8S. The second-order valence-corrected chi connectivity index (χ2v) is 14.3. The van der Waals surface area contributed by atoms with Gasteiger partial charge in [0.05, 0.1) is 41.7 Å². The van der Waals surface area contributed by atoms with Crippen LogP contribution in [0.25, 0.3) is 10.2 Å². The molecule has 1 saturated carbocycles. The van der Waals surface area contributed by atoms with E-state index in [-0.39, 0.29) is 43.4 Å². The molecule has 10 nitrogen and oxygen atoms in total. The number of nitrogens with zero attached hydrogens (tertiary/aromatic N) is 2. The molecule has 1 N–H and O–H groups in total. The molecule has 0 bridgehead atoms. The third-order valence-electron chi connectivity index (χ3n) is 8.78. The predicted molar refractivity (Wildman–Crippen MR) is 165 cm³/mol. The molecule has 1 saturated heterocycles. The van der Waals surface area contributed by atoms with Crippen molar-refractivity contribution < 1.29 is 38.5 Å². The van der Waals surface area contributed by atoms with Crippen molar-refractivity contribution in [3.63, 3.8) is 0 Å². The van der Waals surface area contributed by atoms with Crippen LogP contribution in [0.15, 0.2) is 30.4 Å². The number of amides is 1. The van der Waals surface area contributed by atoms with Gasteiger partial charge in [-0.25, -0.2) is 4.98 Å². The number of thiazole rings is 1. The molecule has 11 heteroatoms. The lowest BCUT2D eigenvalue weighted by Crippen LogP contribution is -2.45. The van der Waals surface area contributed by atoms with Crippen LogP contribution in [-0.2, 0) is 23.9 Å². The second kappa shape index (κ2) is 12.9. The highest BCUT2D eigenvalue weighted by Gasteiger charge is 2.61. The van der Waals surface area contributed by atoms with E-state index in [1.54, 1.807) is 27.9 Å². The average Bonchev–Trinajstić information content (AvgIpc) is 3.27. The molecule has 0 unspecified atom stereocenters. The third kappa shape index (κ3) is 7.25. The van der Waals surface area contributed by atoms with Crippen LogP contribution in [0.4, 0.5) is 0 Å². The van der Waals surface area contributed by atoms with Crippen LogP contribution < -0.4 is 9.47 Å². The maximum atomic E-state index is 14.2. The lowest BCUT2D eigenvalue weighted by atomic mass is 9.91. The highest BCUT2D eigenvalue weighted by Crippen LogP contribution is 2.57. The van der Waals surface area contributed by atoms with Gasteiger partial charge in [0.1, 0.15) is 17.5 Å². The minimum atomic E-state index is -1.15. The summed E-state index contributed by atoms with van der Waals surface area (Å²) in [6.07, 6.45) is 7.63. The molecule has 2 aliphatic heterocycles. The SMILES string of the molecule is COc1ccc2nc(O[C@@H]3C[C@H]4C(=O)C[C@]5(C(=O)O)C[C@H]5/C=C\CCCCC[C@H](CC(=O)OC(C)(C)C)C(=O)N4C3)sc2c1. The van der Waals surface area contributed by atoms with Crippen molar-refractivity contribution in [3.05, 3.63) is 30.4 Å². The number of carboxylic acids is 1. The summed E-state index contributed by atoms with van der Waals surface area (Å²) >= 11 is 1.35. The first-order valence-electron chi connectivity index (χ1n) is 15.4.